The summed E-state index contributed by atoms with van der Waals surface area (Å²) in [6.07, 6.45) is 2.10. The molecule has 4 nitrogen and oxygen atoms in total. The Morgan fingerprint density at radius 2 is 2.00 bits per heavy atom. The zero-order valence-corrected chi connectivity index (χ0v) is 8.83. The summed E-state index contributed by atoms with van der Waals surface area (Å²) < 4.78 is 0. The second-order valence-electron chi connectivity index (χ2n) is 4.68. The summed E-state index contributed by atoms with van der Waals surface area (Å²) in [6, 6.07) is -0.289. The van der Waals surface area contributed by atoms with Gasteiger partial charge in [0.2, 0.25) is 0 Å². The minimum atomic E-state index is -0.624. The van der Waals surface area contributed by atoms with Gasteiger partial charge in [0, 0.05) is 6.04 Å². The molecule has 2 aliphatic rings. The lowest BCUT2D eigenvalue weighted by atomic mass is 9.96. The zero-order chi connectivity index (χ0) is 10.5. The summed E-state index contributed by atoms with van der Waals surface area (Å²) in [7, 11) is 0. The van der Waals surface area contributed by atoms with Crippen LogP contribution in [0.15, 0.2) is 0 Å². The molecule has 14 heavy (non-hydrogen) atoms. The van der Waals surface area contributed by atoms with E-state index in [-0.39, 0.29) is 18.0 Å². The Bertz CT molecular complexity index is 296. The van der Waals surface area contributed by atoms with Crippen molar-refractivity contribution in [3.05, 3.63) is 0 Å². The number of hydrogen-bond donors (Lipinski definition) is 1. The molecule has 1 N–H and O–H groups in total. The largest absolute Gasteiger partial charge is 0.325 e. The van der Waals surface area contributed by atoms with Crippen LogP contribution in [0.25, 0.3) is 0 Å². The second-order valence-corrected chi connectivity index (χ2v) is 4.68. The maximum absolute atomic E-state index is 12.0. The second kappa shape index (κ2) is 2.72. The van der Waals surface area contributed by atoms with E-state index in [0.717, 1.165) is 12.8 Å². The van der Waals surface area contributed by atoms with Gasteiger partial charge in [-0.2, -0.15) is 0 Å². The highest BCUT2D eigenvalue weighted by Crippen LogP contribution is 2.42. The van der Waals surface area contributed by atoms with Crippen molar-refractivity contribution in [2.45, 2.75) is 45.2 Å². The van der Waals surface area contributed by atoms with Crippen molar-refractivity contribution in [2.75, 3.05) is 0 Å². The molecule has 1 unspecified atom stereocenters. The molecule has 0 bridgehead atoms. The van der Waals surface area contributed by atoms with Crippen molar-refractivity contribution in [1.29, 1.82) is 0 Å². The fourth-order valence-corrected chi connectivity index (χ4v) is 2.08. The molecule has 4 heteroatoms. The molecule has 1 saturated carbocycles. The third kappa shape index (κ3) is 1.13. The maximum Gasteiger partial charge on any atom is 0.325 e. The SMILES string of the molecule is CC(C)N1C(=O)NC(C)(C2CC2)C1=O. The van der Waals surface area contributed by atoms with Gasteiger partial charge in [-0.1, -0.05) is 0 Å². The van der Waals surface area contributed by atoms with E-state index in [0.29, 0.717) is 5.92 Å². The number of urea groups is 1. The molecule has 78 valence electrons. The van der Waals surface area contributed by atoms with Crippen molar-refractivity contribution in [3.8, 4) is 0 Å². The molecular weight excluding hydrogens is 180 g/mol. The minimum absolute atomic E-state index is 0.0527. The van der Waals surface area contributed by atoms with Gasteiger partial charge in [-0.25, -0.2) is 4.79 Å². The van der Waals surface area contributed by atoms with E-state index in [1.807, 2.05) is 20.8 Å². The van der Waals surface area contributed by atoms with E-state index in [4.69, 9.17) is 0 Å². The molecule has 0 aromatic rings. The Morgan fingerprint density at radius 1 is 1.43 bits per heavy atom. The molecule has 1 heterocycles. The van der Waals surface area contributed by atoms with Gasteiger partial charge in [0.25, 0.3) is 5.91 Å². The van der Waals surface area contributed by atoms with E-state index in [9.17, 15) is 9.59 Å². The molecule has 1 atom stereocenters. The lowest BCUT2D eigenvalue weighted by molar-refractivity contribution is -0.132. The fraction of sp³-hybridized carbons (Fsp3) is 0.800. The monoisotopic (exact) mass is 196 g/mol. The summed E-state index contributed by atoms with van der Waals surface area (Å²) in [5, 5.41) is 2.81. The van der Waals surface area contributed by atoms with Gasteiger partial charge in [-0.3, -0.25) is 9.69 Å². The Kier molecular flexibility index (Phi) is 1.84. The molecule has 1 aliphatic carbocycles. The highest BCUT2D eigenvalue weighted by Gasteiger charge is 2.56. The van der Waals surface area contributed by atoms with Gasteiger partial charge in [0.1, 0.15) is 5.54 Å². The van der Waals surface area contributed by atoms with Gasteiger partial charge >= 0.3 is 6.03 Å². The third-order valence-electron chi connectivity index (χ3n) is 3.16. The third-order valence-corrected chi connectivity index (χ3v) is 3.16. The molecule has 2 fully saturated rings. The fourth-order valence-electron chi connectivity index (χ4n) is 2.08. The summed E-state index contributed by atoms with van der Waals surface area (Å²) in [6.45, 7) is 5.56. The smallest absolute Gasteiger partial charge is 0.323 e. The average molecular weight is 196 g/mol. The average Bonchev–Trinajstić information content (AvgIpc) is 2.81. The summed E-state index contributed by atoms with van der Waals surface area (Å²) in [4.78, 5) is 24.9. The number of amides is 3. The first kappa shape index (κ1) is 9.49. The van der Waals surface area contributed by atoms with Crippen LogP contribution in [0.1, 0.15) is 33.6 Å². The predicted octanol–water partition coefficient (Wildman–Crippen LogP) is 1.12. The van der Waals surface area contributed by atoms with Crippen molar-refractivity contribution in [2.24, 2.45) is 5.92 Å². The van der Waals surface area contributed by atoms with Crippen LogP contribution in [-0.2, 0) is 4.79 Å². The lowest BCUT2D eigenvalue weighted by Crippen LogP contribution is -2.46. The number of nitrogens with zero attached hydrogens (tertiary/aromatic N) is 1. The quantitative estimate of drug-likeness (QED) is 0.673. The van der Waals surface area contributed by atoms with E-state index < -0.39 is 5.54 Å². The van der Waals surface area contributed by atoms with E-state index >= 15 is 0 Å². The van der Waals surface area contributed by atoms with E-state index in [1.165, 1.54) is 4.90 Å². The number of carbonyl (C=O) groups is 2. The predicted molar refractivity (Wildman–Crippen MR) is 51.6 cm³/mol. The van der Waals surface area contributed by atoms with Crippen LogP contribution in [-0.4, -0.2) is 28.4 Å². The maximum atomic E-state index is 12.0. The number of nitrogens with one attached hydrogen (secondary N) is 1. The van der Waals surface area contributed by atoms with Crippen LogP contribution in [0, 0.1) is 5.92 Å². The van der Waals surface area contributed by atoms with E-state index in [1.54, 1.807) is 0 Å². The van der Waals surface area contributed by atoms with Crippen LogP contribution in [0.3, 0.4) is 0 Å². The molecule has 0 radical (unpaired) electrons. The molecule has 2 rings (SSSR count). The van der Waals surface area contributed by atoms with E-state index in [2.05, 4.69) is 5.32 Å². The Morgan fingerprint density at radius 3 is 2.36 bits per heavy atom. The van der Waals surface area contributed by atoms with Crippen molar-refractivity contribution >= 4 is 11.9 Å². The molecule has 1 aliphatic heterocycles. The molecular formula is C10H16N2O2. The number of rotatable bonds is 2. The van der Waals surface area contributed by atoms with Gasteiger partial charge in [0.05, 0.1) is 0 Å². The molecule has 0 aromatic heterocycles. The zero-order valence-electron chi connectivity index (χ0n) is 8.83. The first-order valence-electron chi connectivity index (χ1n) is 5.12. The van der Waals surface area contributed by atoms with Crippen LogP contribution in [0.5, 0.6) is 0 Å². The normalized spacial score (nSPS) is 32.7. The van der Waals surface area contributed by atoms with Crippen molar-refractivity contribution < 1.29 is 9.59 Å². The number of imide groups is 1. The van der Waals surface area contributed by atoms with Crippen molar-refractivity contribution in [1.82, 2.24) is 10.2 Å². The number of carbonyl (C=O) groups excluding carboxylic acids is 2. The first-order valence-corrected chi connectivity index (χ1v) is 5.12. The van der Waals surface area contributed by atoms with Gasteiger partial charge in [0.15, 0.2) is 0 Å². The topological polar surface area (TPSA) is 49.4 Å². The number of hydrogen-bond acceptors (Lipinski definition) is 2. The standard InChI is InChI=1S/C10H16N2O2/c1-6(2)12-8(13)10(3,7-4-5-7)11-9(12)14/h6-7H,4-5H2,1-3H3,(H,11,14). The highest BCUT2D eigenvalue weighted by molar-refractivity contribution is 6.07. The summed E-state index contributed by atoms with van der Waals surface area (Å²) in [5.74, 6) is 0.294. The first-order chi connectivity index (χ1) is 6.47. The van der Waals surface area contributed by atoms with Gasteiger partial charge < -0.3 is 5.32 Å². The minimum Gasteiger partial charge on any atom is -0.323 e. The molecule has 3 amide bonds. The lowest BCUT2D eigenvalue weighted by Gasteiger charge is -2.22. The Labute approximate surface area is 83.6 Å². The van der Waals surface area contributed by atoms with Crippen LogP contribution in [0.2, 0.25) is 0 Å². The van der Waals surface area contributed by atoms with Crippen molar-refractivity contribution in [3.63, 3.8) is 0 Å². The van der Waals surface area contributed by atoms with Crippen LogP contribution < -0.4 is 5.32 Å². The van der Waals surface area contributed by atoms with Crippen LogP contribution >= 0.6 is 0 Å². The van der Waals surface area contributed by atoms with Gasteiger partial charge in [-0.15, -0.1) is 0 Å². The molecule has 0 spiro atoms. The molecule has 1 saturated heterocycles. The summed E-state index contributed by atoms with van der Waals surface area (Å²) in [5.41, 5.74) is -0.624. The van der Waals surface area contributed by atoms with Gasteiger partial charge in [-0.05, 0) is 39.5 Å². The Balaban J connectivity index is 2.26. The highest BCUT2D eigenvalue weighted by atomic mass is 16.2. The summed E-state index contributed by atoms with van der Waals surface area (Å²) >= 11 is 0. The van der Waals surface area contributed by atoms with Crippen LogP contribution in [0.4, 0.5) is 4.79 Å². The Hall–Kier alpha value is -1.06. The molecule has 0 aromatic carbocycles.